The minimum atomic E-state index is -0.182. The SMILES string of the molecule is C#CCCCN1CCCCCC1CC(C)O. The van der Waals surface area contributed by atoms with Crippen LogP contribution in [0.1, 0.15) is 51.9 Å². The van der Waals surface area contributed by atoms with Crippen molar-refractivity contribution in [3.8, 4) is 12.3 Å². The molecular formula is C14H25NO. The van der Waals surface area contributed by atoms with Crippen molar-refractivity contribution in [1.82, 2.24) is 4.90 Å². The van der Waals surface area contributed by atoms with Crippen LogP contribution in [0, 0.1) is 12.3 Å². The fourth-order valence-electron chi connectivity index (χ4n) is 2.58. The summed E-state index contributed by atoms with van der Waals surface area (Å²) in [5, 5.41) is 9.53. The van der Waals surface area contributed by atoms with Crippen LogP contribution in [0.3, 0.4) is 0 Å². The Balaban J connectivity index is 2.42. The minimum Gasteiger partial charge on any atom is -0.393 e. The Bertz CT molecular complexity index is 219. The van der Waals surface area contributed by atoms with E-state index in [9.17, 15) is 5.11 Å². The number of aliphatic hydroxyl groups excluding tert-OH is 1. The average molecular weight is 223 g/mol. The second-order valence-corrected chi connectivity index (χ2v) is 4.93. The lowest BCUT2D eigenvalue weighted by Gasteiger charge is -2.30. The van der Waals surface area contributed by atoms with Crippen LogP contribution in [0.4, 0.5) is 0 Å². The lowest BCUT2D eigenvalue weighted by Crippen LogP contribution is -2.37. The zero-order valence-corrected chi connectivity index (χ0v) is 10.5. The van der Waals surface area contributed by atoms with Gasteiger partial charge in [0.25, 0.3) is 0 Å². The van der Waals surface area contributed by atoms with E-state index in [2.05, 4.69) is 10.8 Å². The predicted octanol–water partition coefficient (Wildman–Crippen LogP) is 2.42. The molecule has 0 amide bonds. The highest BCUT2D eigenvalue weighted by Gasteiger charge is 2.21. The van der Waals surface area contributed by atoms with Gasteiger partial charge in [0.1, 0.15) is 0 Å². The quantitative estimate of drug-likeness (QED) is 0.571. The van der Waals surface area contributed by atoms with Crippen LogP contribution in [0.5, 0.6) is 0 Å². The molecule has 2 heteroatoms. The van der Waals surface area contributed by atoms with Crippen molar-refractivity contribution in [2.45, 2.75) is 64.0 Å². The van der Waals surface area contributed by atoms with Gasteiger partial charge in [-0.1, -0.05) is 12.8 Å². The molecule has 92 valence electrons. The molecule has 0 aliphatic carbocycles. The topological polar surface area (TPSA) is 23.5 Å². The molecule has 0 spiro atoms. The largest absolute Gasteiger partial charge is 0.393 e. The third-order valence-electron chi connectivity index (χ3n) is 3.38. The molecule has 2 atom stereocenters. The summed E-state index contributed by atoms with van der Waals surface area (Å²) in [6.07, 6.45) is 13.2. The van der Waals surface area contributed by atoms with Crippen LogP contribution in [0.15, 0.2) is 0 Å². The molecule has 1 fully saturated rings. The molecule has 1 aliphatic heterocycles. The van der Waals surface area contributed by atoms with E-state index in [0.29, 0.717) is 6.04 Å². The number of aliphatic hydroxyl groups is 1. The van der Waals surface area contributed by atoms with Crippen LogP contribution in [-0.4, -0.2) is 35.2 Å². The molecule has 1 heterocycles. The van der Waals surface area contributed by atoms with Crippen molar-refractivity contribution in [3.05, 3.63) is 0 Å². The van der Waals surface area contributed by atoms with E-state index in [1.54, 1.807) is 0 Å². The van der Waals surface area contributed by atoms with Crippen molar-refractivity contribution in [1.29, 1.82) is 0 Å². The summed E-state index contributed by atoms with van der Waals surface area (Å²) in [6.45, 7) is 4.17. The van der Waals surface area contributed by atoms with Gasteiger partial charge in [-0.2, -0.15) is 0 Å². The van der Waals surface area contributed by atoms with Crippen LogP contribution in [0.2, 0.25) is 0 Å². The summed E-state index contributed by atoms with van der Waals surface area (Å²) < 4.78 is 0. The van der Waals surface area contributed by atoms with Crippen LogP contribution >= 0.6 is 0 Å². The molecule has 0 saturated carbocycles. The Labute approximate surface area is 100 Å². The van der Waals surface area contributed by atoms with Gasteiger partial charge < -0.3 is 10.0 Å². The van der Waals surface area contributed by atoms with Gasteiger partial charge in [-0.3, -0.25) is 0 Å². The van der Waals surface area contributed by atoms with Gasteiger partial charge in [-0.25, -0.2) is 0 Å². The molecule has 1 N–H and O–H groups in total. The van der Waals surface area contributed by atoms with Crippen molar-refractivity contribution in [2.75, 3.05) is 13.1 Å². The van der Waals surface area contributed by atoms with Crippen molar-refractivity contribution in [3.63, 3.8) is 0 Å². The van der Waals surface area contributed by atoms with Crippen molar-refractivity contribution < 1.29 is 5.11 Å². The van der Waals surface area contributed by atoms with Crippen molar-refractivity contribution >= 4 is 0 Å². The van der Waals surface area contributed by atoms with E-state index >= 15 is 0 Å². The summed E-state index contributed by atoms with van der Waals surface area (Å²) in [5.74, 6) is 2.70. The monoisotopic (exact) mass is 223 g/mol. The van der Waals surface area contributed by atoms with E-state index < -0.39 is 0 Å². The van der Waals surface area contributed by atoms with E-state index in [0.717, 1.165) is 25.8 Å². The molecule has 0 radical (unpaired) electrons. The fourth-order valence-corrected chi connectivity index (χ4v) is 2.58. The summed E-state index contributed by atoms with van der Waals surface area (Å²) in [6, 6.07) is 0.570. The van der Waals surface area contributed by atoms with Gasteiger partial charge in [-0.05, 0) is 45.7 Å². The normalized spacial score (nSPS) is 24.7. The number of terminal acetylenes is 1. The summed E-state index contributed by atoms with van der Waals surface area (Å²) >= 11 is 0. The molecular weight excluding hydrogens is 198 g/mol. The lowest BCUT2D eigenvalue weighted by atomic mass is 10.0. The van der Waals surface area contributed by atoms with E-state index in [-0.39, 0.29) is 6.10 Å². The highest BCUT2D eigenvalue weighted by Crippen LogP contribution is 2.20. The molecule has 16 heavy (non-hydrogen) atoms. The summed E-state index contributed by atoms with van der Waals surface area (Å²) in [7, 11) is 0. The van der Waals surface area contributed by atoms with Gasteiger partial charge in [0.15, 0.2) is 0 Å². The van der Waals surface area contributed by atoms with Gasteiger partial charge in [0.2, 0.25) is 0 Å². The van der Waals surface area contributed by atoms with Crippen molar-refractivity contribution in [2.24, 2.45) is 0 Å². The fraction of sp³-hybridized carbons (Fsp3) is 0.857. The Morgan fingerprint density at radius 1 is 1.44 bits per heavy atom. The molecule has 1 aliphatic rings. The second-order valence-electron chi connectivity index (χ2n) is 4.93. The Hall–Kier alpha value is -0.520. The summed E-state index contributed by atoms with van der Waals surface area (Å²) in [5.41, 5.74) is 0. The van der Waals surface area contributed by atoms with E-state index in [1.165, 1.54) is 32.2 Å². The first-order valence-electron chi connectivity index (χ1n) is 6.59. The predicted molar refractivity (Wildman–Crippen MR) is 68.2 cm³/mol. The van der Waals surface area contributed by atoms with Gasteiger partial charge in [-0.15, -0.1) is 12.3 Å². The van der Waals surface area contributed by atoms with Gasteiger partial charge in [0, 0.05) is 12.5 Å². The Morgan fingerprint density at radius 3 is 2.94 bits per heavy atom. The number of likely N-dealkylation sites (tertiary alicyclic amines) is 1. The maximum atomic E-state index is 9.53. The molecule has 0 aromatic heterocycles. The third-order valence-corrected chi connectivity index (χ3v) is 3.38. The molecule has 0 aromatic rings. The molecule has 1 rings (SSSR count). The minimum absolute atomic E-state index is 0.182. The first kappa shape index (κ1) is 13.5. The Morgan fingerprint density at radius 2 is 2.25 bits per heavy atom. The van der Waals surface area contributed by atoms with Crippen LogP contribution < -0.4 is 0 Å². The maximum Gasteiger partial charge on any atom is 0.0527 e. The number of rotatable bonds is 5. The van der Waals surface area contributed by atoms with Crippen LogP contribution in [-0.2, 0) is 0 Å². The molecule has 2 unspecified atom stereocenters. The number of unbranched alkanes of at least 4 members (excludes halogenated alkanes) is 1. The maximum absolute atomic E-state index is 9.53. The average Bonchev–Trinajstić information content (AvgIpc) is 2.44. The molecule has 2 nitrogen and oxygen atoms in total. The standard InChI is InChI=1S/C14H25NO/c1-3-4-7-10-15-11-8-5-6-9-14(15)12-13(2)16/h1,13-14,16H,4-12H2,2H3. The Kier molecular flexibility index (Phi) is 6.52. The van der Waals surface area contributed by atoms with Gasteiger partial charge >= 0.3 is 0 Å². The first-order valence-corrected chi connectivity index (χ1v) is 6.59. The molecule has 0 bridgehead atoms. The number of hydrogen-bond donors (Lipinski definition) is 1. The molecule has 1 saturated heterocycles. The second kappa shape index (κ2) is 7.70. The zero-order chi connectivity index (χ0) is 11.8. The first-order chi connectivity index (χ1) is 7.74. The summed E-state index contributed by atoms with van der Waals surface area (Å²) in [4.78, 5) is 2.54. The number of nitrogens with zero attached hydrogens (tertiary/aromatic N) is 1. The smallest absolute Gasteiger partial charge is 0.0527 e. The van der Waals surface area contributed by atoms with E-state index in [1.807, 2.05) is 6.92 Å². The zero-order valence-electron chi connectivity index (χ0n) is 10.5. The van der Waals surface area contributed by atoms with E-state index in [4.69, 9.17) is 6.42 Å². The highest BCUT2D eigenvalue weighted by atomic mass is 16.3. The molecule has 0 aromatic carbocycles. The van der Waals surface area contributed by atoms with Crippen LogP contribution in [0.25, 0.3) is 0 Å². The lowest BCUT2D eigenvalue weighted by molar-refractivity contribution is 0.112. The third kappa shape index (κ3) is 5.01. The number of hydrogen-bond acceptors (Lipinski definition) is 2. The highest BCUT2D eigenvalue weighted by molar-refractivity contribution is 4.84. The van der Waals surface area contributed by atoms with Gasteiger partial charge in [0.05, 0.1) is 6.10 Å².